The fourth-order valence-electron chi connectivity index (χ4n) is 2.75. The van der Waals surface area contributed by atoms with E-state index in [1.807, 2.05) is 24.3 Å². The molecule has 2 unspecified atom stereocenters. The maximum absolute atomic E-state index is 11.8. The molecule has 0 saturated heterocycles. The Morgan fingerprint density at radius 3 is 2.86 bits per heavy atom. The number of carbonyl (C=O) groups is 2. The van der Waals surface area contributed by atoms with E-state index >= 15 is 0 Å². The molecule has 1 amide bonds. The van der Waals surface area contributed by atoms with Crippen molar-refractivity contribution in [3.8, 4) is 0 Å². The van der Waals surface area contributed by atoms with Crippen molar-refractivity contribution in [2.24, 2.45) is 11.8 Å². The molecule has 1 aliphatic rings. The summed E-state index contributed by atoms with van der Waals surface area (Å²) < 4.78 is 1.06. The van der Waals surface area contributed by atoms with Crippen LogP contribution in [0.15, 0.2) is 24.3 Å². The van der Waals surface area contributed by atoms with Crippen molar-refractivity contribution in [2.75, 3.05) is 18.4 Å². The number of nitrogens with one attached hydrogen (secondary N) is 2. The molecule has 1 aliphatic carbocycles. The number of benzene rings is 1. The molecule has 3 N–H and O–H groups in total. The lowest BCUT2D eigenvalue weighted by Crippen LogP contribution is -2.34. The number of carboxylic acids is 1. The summed E-state index contributed by atoms with van der Waals surface area (Å²) >= 11 is 2.19. The van der Waals surface area contributed by atoms with Gasteiger partial charge < -0.3 is 15.7 Å². The van der Waals surface area contributed by atoms with Crippen LogP contribution >= 0.6 is 22.6 Å². The van der Waals surface area contributed by atoms with Gasteiger partial charge >= 0.3 is 5.97 Å². The normalized spacial score (nSPS) is 21.2. The Balaban J connectivity index is 1.73. The van der Waals surface area contributed by atoms with E-state index in [2.05, 4.69) is 33.2 Å². The standard InChI is InChI=1S/C15H19IN2O3/c16-11-4-2-5-12(7-11)18-14(19)9-17-8-10-3-1-6-13(10)15(20)21/h2,4-5,7,10,13,17H,1,3,6,8-9H2,(H,18,19)(H,20,21). The number of aliphatic carboxylic acids is 1. The van der Waals surface area contributed by atoms with Crippen molar-refractivity contribution < 1.29 is 14.7 Å². The molecule has 114 valence electrons. The molecule has 1 fully saturated rings. The van der Waals surface area contributed by atoms with Crippen LogP contribution in [0.4, 0.5) is 5.69 Å². The predicted molar refractivity (Wildman–Crippen MR) is 89.1 cm³/mol. The molecule has 1 saturated carbocycles. The van der Waals surface area contributed by atoms with E-state index in [9.17, 15) is 9.59 Å². The third-order valence-electron chi connectivity index (χ3n) is 3.78. The Morgan fingerprint density at radius 2 is 2.14 bits per heavy atom. The smallest absolute Gasteiger partial charge is 0.306 e. The molecule has 0 radical (unpaired) electrons. The number of halogens is 1. The van der Waals surface area contributed by atoms with Crippen molar-refractivity contribution in [3.05, 3.63) is 27.8 Å². The van der Waals surface area contributed by atoms with Crippen molar-refractivity contribution in [2.45, 2.75) is 19.3 Å². The fraction of sp³-hybridized carbons (Fsp3) is 0.467. The molecule has 0 heterocycles. The van der Waals surface area contributed by atoms with Crippen molar-refractivity contribution in [1.82, 2.24) is 5.32 Å². The first kappa shape index (κ1) is 16.2. The first-order valence-electron chi connectivity index (χ1n) is 7.05. The van der Waals surface area contributed by atoms with Gasteiger partial charge in [-0.15, -0.1) is 0 Å². The number of hydrogen-bond acceptors (Lipinski definition) is 3. The van der Waals surface area contributed by atoms with Gasteiger partial charge in [-0.05, 0) is 66.1 Å². The minimum absolute atomic E-state index is 0.109. The van der Waals surface area contributed by atoms with Crippen LogP contribution < -0.4 is 10.6 Å². The Kier molecular flexibility index (Phi) is 5.98. The number of carbonyl (C=O) groups excluding carboxylic acids is 1. The third-order valence-corrected chi connectivity index (χ3v) is 4.45. The SMILES string of the molecule is O=C(CNCC1CCCC1C(=O)O)Nc1cccc(I)c1. The van der Waals surface area contributed by atoms with Gasteiger partial charge in [0.05, 0.1) is 12.5 Å². The molecule has 0 aromatic heterocycles. The van der Waals surface area contributed by atoms with Gasteiger partial charge in [-0.2, -0.15) is 0 Å². The second-order valence-electron chi connectivity index (χ2n) is 5.33. The summed E-state index contributed by atoms with van der Waals surface area (Å²) in [7, 11) is 0. The Labute approximate surface area is 137 Å². The molecule has 5 nitrogen and oxygen atoms in total. The van der Waals surface area contributed by atoms with Crippen LogP contribution in [0, 0.1) is 15.4 Å². The lowest BCUT2D eigenvalue weighted by atomic mass is 9.96. The topological polar surface area (TPSA) is 78.4 Å². The molecule has 0 aliphatic heterocycles. The van der Waals surface area contributed by atoms with Gasteiger partial charge in [0.25, 0.3) is 0 Å². The number of rotatable bonds is 6. The highest BCUT2D eigenvalue weighted by Gasteiger charge is 2.32. The maximum Gasteiger partial charge on any atom is 0.306 e. The zero-order valence-corrected chi connectivity index (χ0v) is 13.8. The second-order valence-corrected chi connectivity index (χ2v) is 6.57. The van der Waals surface area contributed by atoms with Crippen LogP contribution in [0.25, 0.3) is 0 Å². The van der Waals surface area contributed by atoms with E-state index < -0.39 is 5.97 Å². The van der Waals surface area contributed by atoms with E-state index in [0.29, 0.717) is 6.54 Å². The van der Waals surface area contributed by atoms with E-state index in [1.165, 1.54) is 0 Å². The third kappa shape index (κ3) is 4.96. The highest BCUT2D eigenvalue weighted by molar-refractivity contribution is 14.1. The lowest BCUT2D eigenvalue weighted by molar-refractivity contribution is -0.142. The number of carboxylic acid groups (broad SMARTS) is 1. The molecule has 0 spiro atoms. The number of hydrogen-bond donors (Lipinski definition) is 3. The van der Waals surface area contributed by atoms with Gasteiger partial charge in [-0.3, -0.25) is 9.59 Å². The fourth-order valence-corrected chi connectivity index (χ4v) is 3.29. The molecular weight excluding hydrogens is 383 g/mol. The summed E-state index contributed by atoms with van der Waals surface area (Å²) in [5.41, 5.74) is 0.776. The first-order chi connectivity index (χ1) is 10.1. The van der Waals surface area contributed by atoms with Gasteiger partial charge in [0.15, 0.2) is 0 Å². The molecule has 2 rings (SSSR count). The summed E-state index contributed by atoms with van der Waals surface area (Å²) in [5.74, 6) is -0.964. The van der Waals surface area contributed by atoms with Gasteiger partial charge in [-0.1, -0.05) is 12.5 Å². The van der Waals surface area contributed by atoms with Crippen LogP contribution in [0.5, 0.6) is 0 Å². The molecule has 21 heavy (non-hydrogen) atoms. The minimum atomic E-state index is -0.720. The second kappa shape index (κ2) is 7.74. The molecule has 0 bridgehead atoms. The largest absolute Gasteiger partial charge is 0.481 e. The average molecular weight is 402 g/mol. The minimum Gasteiger partial charge on any atom is -0.481 e. The highest BCUT2D eigenvalue weighted by Crippen LogP contribution is 2.31. The van der Waals surface area contributed by atoms with E-state index in [-0.39, 0.29) is 24.3 Å². The summed E-state index contributed by atoms with van der Waals surface area (Å²) in [4.78, 5) is 22.9. The van der Waals surface area contributed by atoms with E-state index in [0.717, 1.165) is 28.5 Å². The van der Waals surface area contributed by atoms with Gasteiger partial charge in [0, 0.05) is 9.26 Å². The van der Waals surface area contributed by atoms with Crippen molar-refractivity contribution in [3.63, 3.8) is 0 Å². The molecule has 2 atom stereocenters. The van der Waals surface area contributed by atoms with Gasteiger partial charge in [0.2, 0.25) is 5.91 Å². The quantitative estimate of drug-likeness (QED) is 0.639. The molecule has 1 aromatic rings. The number of amides is 1. The maximum atomic E-state index is 11.8. The van der Waals surface area contributed by atoms with Gasteiger partial charge in [0.1, 0.15) is 0 Å². The summed E-state index contributed by atoms with van der Waals surface area (Å²) in [5, 5.41) is 15.0. The van der Waals surface area contributed by atoms with Crippen molar-refractivity contribution in [1.29, 1.82) is 0 Å². The number of anilines is 1. The van der Waals surface area contributed by atoms with Gasteiger partial charge in [-0.25, -0.2) is 0 Å². The summed E-state index contributed by atoms with van der Waals surface area (Å²) in [6.07, 6.45) is 2.62. The summed E-state index contributed by atoms with van der Waals surface area (Å²) in [6.45, 7) is 0.783. The Hall–Kier alpha value is -1.15. The summed E-state index contributed by atoms with van der Waals surface area (Å²) in [6, 6.07) is 7.59. The van der Waals surface area contributed by atoms with Crippen LogP contribution in [-0.2, 0) is 9.59 Å². The first-order valence-corrected chi connectivity index (χ1v) is 8.13. The molecule has 1 aromatic carbocycles. The van der Waals surface area contributed by atoms with Crippen LogP contribution in [0.3, 0.4) is 0 Å². The monoisotopic (exact) mass is 402 g/mol. The predicted octanol–water partition coefficient (Wildman–Crippen LogP) is 2.32. The van der Waals surface area contributed by atoms with Crippen LogP contribution in [0.1, 0.15) is 19.3 Å². The van der Waals surface area contributed by atoms with Crippen LogP contribution in [-0.4, -0.2) is 30.1 Å². The highest BCUT2D eigenvalue weighted by atomic mass is 127. The molecule has 6 heteroatoms. The van der Waals surface area contributed by atoms with E-state index in [1.54, 1.807) is 0 Å². The lowest BCUT2D eigenvalue weighted by Gasteiger charge is -2.16. The van der Waals surface area contributed by atoms with E-state index in [4.69, 9.17) is 5.11 Å². The molecular formula is C15H19IN2O3. The zero-order chi connectivity index (χ0) is 15.2. The average Bonchev–Trinajstić information content (AvgIpc) is 2.87. The Morgan fingerprint density at radius 1 is 1.33 bits per heavy atom. The van der Waals surface area contributed by atoms with Crippen LogP contribution in [0.2, 0.25) is 0 Å². The Bertz CT molecular complexity index is 521. The zero-order valence-electron chi connectivity index (χ0n) is 11.6. The van der Waals surface area contributed by atoms with Crippen molar-refractivity contribution >= 4 is 40.2 Å².